The quantitative estimate of drug-likeness (QED) is 0.642. The van der Waals surface area contributed by atoms with Crippen molar-refractivity contribution in [1.82, 2.24) is 5.32 Å². The summed E-state index contributed by atoms with van der Waals surface area (Å²) < 4.78 is 12.1. The van der Waals surface area contributed by atoms with Crippen LogP contribution >= 0.6 is 0 Å². The molecule has 1 amide bonds. The first-order valence-corrected chi connectivity index (χ1v) is 4.01. The summed E-state index contributed by atoms with van der Waals surface area (Å²) in [5.41, 5.74) is 0. The summed E-state index contributed by atoms with van der Waals surface area (Å²) in [5, 5.41) is 2.62. The van der Waals surface area contributed by atoms with E-state index in [1.54, 1.807) is 0 Å². The number of alkyl halides is 1. The van der Waals surface area contributed by atoms with Crippen LogP contribution in [0.3, 0.4) is 0 Å². The van der Waals surface area contributed by atoms with Gasteiger partial charge < -0.3 is 5.32 Å². The molecule has 1 saturated heterocycles. The molecule has 0 aliphatic carbocycles. The maximum absolute atomic E-state index is 12.1. The van der Waals surface area contributed by atoms with Crippen molar-refractivity contribution in [2.75, 3.05) is 6.67 Å². The van der Waals surface area contributed by atoms with Gasteiger partial charge in [-0.15, -0.1) is 0 Å². The van der Waals surface area contributed by atoms with Gasteiger partial charge in [0, 0.05) is 5.92 Å². The van der Waals surface area contributed by atoms with Gasteiger partial charge in [0.2, 0.25) is 5.91 Å². The molecular formula is C8H14FNO. The SMILES string of the molecule is CC(C)C1CC(CF)NC1=O. The van der Waals surface area contributed by atoms with E-state index in [9.17, 15) is 9.18 Å². The first-order valence-electron chi connectivity index (χ1n) is 4.01. The highest BCUT2D eigenvalue weighted by Crippen LogP contribution is 2.23. The molecule has 11 heavy (non-hydrogen) atoms. The first-order chi connectivity index (χ1) is 5.15. The smallest absolute Gasteiger partial charge is 0.223 e. The second kappa shape index (κ2) is 3.20. The predicted molar refractivity (Wildman–Crippen MR) is 40.9 cm³/mol. The molecule has 1 N–H and O–H groups in total. The average molecular weight is 159 g/mol. The molecule has 1 fully saturated rings. The van der Waals surface area contributed by atoms with Crippen LogP contribution in [0.5, 0.6) is 0 Å². The van der Waals surface area contributed by atoms with Gasteiger partial charge in [0.05, 0.1) is 6.04 Å². The van der Waals surface area contributed by atoms with Crippen molar-refractivity contribution in [2.45, 2.75) is 26.3 Å². The molecule has 0 saturated carbocycles. The number of halogens is 1. The van der Waals surface area contributed by atoms with E-state index in [4.69, 9.17) is 0 Å². The topological polar surface area (TPSA) is 29.1 Å². The fourth-order valence-corrected chi connectivity index (χ4v) is 1.46. The number of hydrogen-bond donors (Lipinski definition) is 1. The molecule has 1 heterocycles. The monoisotopic (exact) mass is 159 g/mol. The van der Waals surface area contributed by atoms with Crippen molar-refractivity contribution in [2.24, 2.45) is 11.8 Å². The second-order valence-electron chi connectivity index (χ2n) is 3.45. The van der Waals surface area contributed by atoms with Crippen molar-refractivity contribution in [3.63, 3.8) is 0 Å². The van der Waals surface area contributed by atoms with E-state index < -0.39 is 6.67 Å². The van der Waals surface area contributed by atoms with Gasteiger partial charge in [-0.1, -0.05) is 13.8 Å². The summed E-state index contributed by atoms with van der Waals surface area (Å²) in [7, 11) is 0. The van der Waals surface area contributed by atoms with E-state index in [0.29, 0.717) is 12.3 Å². The highest BCUT2D eigenvalue weighted by Gasteiger charge is 2.33. The lowest BCUT2D eigenvalue weighted by atomic mass is 9.93. The first kappa shape index (κ1) is 8.50. The van der Waals surface area contributed by atoms with Crippen LogP contribution in [0.4, 0.5) is 4.39 Å². The Morgan fingerprint density at radius 2 is 2.36 bits per heavy atom. The van der Waals surface area contributed by atoms with Crippen LogP contribution in [0.15, 0.2) is 0 Å². The molecule has 0 radical (unpaired) electrons. The van der Waals surface area contributed by atoms with Crippen LogP contribution in [0, 0.1) is 11.8 Å². The Morgan fingerprint density at radius 1 is 1.73 bits per heavy atom. The number of amides is 1. The average Bonchev–Trinajstić information content (AvgIpc) is 2.30. The molecule has 0 aromatic heterocycles. The Bertz CT molecular complexity index is 158. The van der Waals surface area contributed by atoms with E-state index >= 15 is 0 Å². The maximum atomic E-state index is 12.1. The molecule has 1 aliphatic heterocycles. The van der Waals surface area contributed by atoms with Gasteiger partial charge in [0.15, 0.2) is 0 Å². The molecule has 2 unspecified atom stereocenters. The zero-order valence-corrected chi connectivity index (χ0v) is 6.93. The van der Waals surface area contributed by atoms with E-state index in [-0.39, 0.29) is 17.9 Å². The van der Waals surface area contributed by atoms with Crippen LogP contribution in [0.2, 0.25) is 0 Å². The van der Waals surface area contributed by atoms with Gasteiger partial charge in [-0.25, -0.2) is 4.39 Å². The van der Waals surface area contributed by atoms with Crippen molar-refractivity contribution in [3.8, 4) is 0 Å². The molecule has 0 aromatic carbocycles. The van der Waals surface area contributed by atoms with Crippen LogP contribution < -0.4 is 5.32 Å². The van der Waals surface area contributed by atoms with Gasteiger partial charge in [-0.3, -0.25) is 4.79 Å². The van der Waals surface area contributed by atoms with E-state index in [2.05, 4.69) is 5.32 Å². The normalized spacial score (nSPS) is 31.1. The Morgan fingerprint density at radius 3 is 2.64 bits per heavy atom. The summed E-state index contributed by atoms with van der Waals surface area (Å²) in [4.78, 5) is 11.1. The van der Waals surface area contributed by atoms with Crippen LogP contribution in [-0.4, -0.2) is 18.6 Å². The lowest BCUT2D eigenvalue weighted by molar-refractivity contribution is -0.123. The molecule has 1 aliphatic rings. The second-order valence-corrected chi connectivity index (χ2v) is 3.45. The number of carbonyl (C=O) groups excluding carboxylic acids is 1. The Kier molecular flexibility index (Phi) is 2.47. The summed E-state index contributed by atoms with van der Waals surface area (Å²) in [6.07, 6.45) is 0.660. The summed E-state index contributed by atoms with van der Waals surface area (Å²) in [6, 6.07) is -0.227. The van der Waals surface area contributed by atoms with Crippen LogP contribution in [0.25, 0.3) is 0 Å². The van der Waals surface area contributed by atoms with Crippen molar-refractivity contribution < 1.29 is 9.18 Å². The minimum Gasteiger partial charge on any atom is -0.350 e. The standard InChI is InChI=1S/C8H14FNO/c1-5(2)7-3-6(4-9)10-8(7)11/h5-7H,3-4H2,1-2H3,(H,10,11). The third-order valence-electron chi connectivity index (χ3n) is 2.21. The Balaban J connectivity index is 2.52. The maximum Gasteiger partial charge on any atom is 0.223 e. The number of hydrogen-bond acceptors (Lipinski definition) is 1. The fraction of sp³-hybridized carbons (Fsp3) is 0.875. The minimum absolute atomic E-state index is 0.0163. The molecule has 0 spiro atoms. The predicted octanol–water partition coefficient (Wildman–Crippen LogP) is 1.12. The third-order valence-corrected chi connectivity index (χ3v) is 2.21. The zero-order chi connectivity index (χ0) is 8.43. The number of carbonyl (C=O) groups is 1. The van der Waals surface area contributed by atoms with E-state index in [1.165, 1.54) is 0 Å². The van der Waals surface area contributed by atoms with Crippen LogP contribution in [-0.2, 0) is 4.79 Å². The van der Waals surface area contributed by atoms with Crippen LogP contribution in [0.1, 0.15) is 20.3 Å². The van der Waals surface area contributed by atoms with Gasteiger partial charge in [0.25, 0.3) is 0 Å². The number of nitrogens with one attached hydrogen (secondary N) is 1. The molecule has 0 bridgehead atoms. The fourth-order valence-electron chi connectivity index (χ4n) is 1.46. The summed E-state index contributed by atoms with van der Waals surface area (Å²) >= 11 is 0. The molecule has 0 aromatic rings. The zero-order valence-electron chi connectivity index (χ0n) is 6.93. The van der Waals surface area contributed by atoms with Gasteiger partial charge in [-0.2, -0.15) is 0 Å². The van der Waals surface area contributed by atoms with Gasteiger partial charge in [-0.05, 0) is 12.3 Å². The lowest BCUT2D eigenvalue weighted by Crippen LogP contribution is -2.28. The Hall–Kier alpha value is -0.600. The summed E-state index contributed by atoms with van der Waals surface area (Å²) in [5.74, 6) is 0.366. The molecule has 1 rings (SSSR count). The third kappa shape index (κ3) is 1.70. The minimum atomic E-state index is -0.436. The van der Waals surface area contributed by atoms with Crippen molar-refractivity contribution in [3.05, 3.63) is 0 Å². The highest BCUT2D eigenvalue weighted by molar-refractivity contribution is 5.81. The van der Waals surface area contributed by atoms with E-state index in [1.807, 2.05) is 13.8 Å². The van der Waals surface area contributed by atoms with Gasteiger partial charge >= 0.3 is 0 Å². The lowest BCUT2D eigenvalue weighted by Gasteiger charge is -2.09. The summed E-state index contributed by atoms with van der Waals surface area (Å²) in [6.45, 7) is 3.55. The molecule has 3 heteroatoms. The molecule has 2 nitrogen and oxygen atoms in total. The molecule has 2 atom stereocenters. The highest BCUT2D eigenvalue weighted by atomic mass is 19.1. The molecular weight excluding hydrogens is 145 g/mol. The van der Waals surface area contributed by atoms with E-state index in [0.717, 1.165) is 0 Å². The largest absolute Gasteiger partial charge is 0.350 e. The number of rotatable bonds is 2. The van der Waals surface area contributed by atoms with Crippen molar-refractivity contribution >= 4 is 5.91 Å². The van der Waals surface area contributed by atoms with Gasteiger partial charge in [0.1, 0.15) is 6.67 Å². The Labute approximate surface area is 66.2 Å². The molecule has 64 valence electrons. The van der Waals surface area contributed by atoms with Crippen molar-refractivity contribution in [1.29, 1.82) is 0 Å².